The summed E-state index contributed by atoms with van der Waals surface area (Å²) < 4.78 is 5.53. The van der Waals surface area contributed by atoms with Crippen LogP contribution in [0.15, 0.2) is 34.9 Å². The van der Waals surface area contributed by atoms with Crippen LogP contribution in [-0.4, -0.2) is 6.04 Å². The standard InChI is InChI=1S/C14H13Cl2NO/c15-10-5-9(6-11(16)7-10)13-3-4-18-14(13)8-17-12-1-2-12/h3-7,12,17H,1-2,8H2. The molecular weight excluding hydrogens is 269 g/mol. The van der Waals surface area contributed by atoms with E-state index in [0.29, 0.717) is 16.1 Å². The molecule has 0 unspecified atom stereocenters. The maximum absolute atomic E-state index is 6.03. The Kier molecular flexibility index (Phi) is 3.33. The van der Waals surface area contributed by atoms with Crippen LogP contribution in [0.3, 0.4) is 0 Å². The lowest BCUT2D eigenvalue weighted by Crippen LogP contribution is -2.15. The average Bonchev–Trinajstić information content (AvgIpc) is 3.02. The summed E-state index contributed by atoms with van der Waals surface area (Å²) in [5.74, 6) is 0.931. The molecule has 18 heavy (non-hydrogen) atoms. The summed E-state index contributed by atoms with van der Waals surface area (Å²) in [5, 5.41) is 4.72. The molecule has 1 N–H and O–H groups in total. The molecule has 2 aromatic rings. The fraction of sp³-hybridized carbons (Fsp3) is 0.286. The molecule has 2 nitrogen and oxygen atoms in total. The van der Waals surface area contributed by atoms with Gasteiger partial charge in [-0.2, -0.15) is 0 Å². The minimum absolute atomic E-state index is 0.639. The zero-order valence-corrected chi connectivity index (χ0v) is 11.3. The summed E-state index contributed by atoms with van der Waals surface area (Å²) in [7, 11) is 0. The van der Waals surface area contributed by atoms with Crippen LogP contribution >= 0.6 is 23.2 Å². The highest BCUT2D eigenvalue weighted by Crippen LogP contribution is 2.31. The molecule has 0 atom stereocenters. The highest BCUT2D eigenvalue weighted by Gasteiger charge is 2.21. The lowest BCUT2D eigenvalue weighted by molar-refractivity contribution is 0.483. The van der Waals surface area contributed by atoms with E-state index in [9.17, 15) is 0 Å². The van der Waals surface area contributed by atoms with Crippen molar-refractivity contribution in [1.29, 1.82) is 0 Å². The van der Waals surface area contributed by atoms with Gasteiger partial charge in [0.2, 0.25) is 0 Å². The van der Waals surface area contributed by atoms with Gasteiger partial charge in [-0.05, 0) is 42.7 Å². The van der Waals surface area contributed by atoms with Crippen molar-refractivity contribution in [2.24, 2.45) is 0 Å². The number of furan rings is 1. The zero-order valence-electron chi connectivity index (χ0n) is 9.75. The molecule has 0 spiro atoms. The monoisotopic (exact) mass is 281 g/mol. The molecule has 1 aliphatic rings. The van der Waals surface area contributed by atoms with Gasteiger partial charge < -0.3 is 9.73 Å². The molecule has 0 radical (unpaired) electrons. The van der Waals surface area contributed by atoms with Gasteiger partial charge in [0.1, 0.15) is 5.76 Å². The summed E-state index contributed by atoms with van der Waals surface area (Å²) >= 11 is 12.1. The third kappa shape index (κ3) is 2.72. The van der Waals surface area contributed by atoms with Crippen LogP contribution in [0.2, 0.25) is 10.0 Å². The highest BCUT2D eigenvalue weighted by molar-refractivity contribution is 6.35. The third-order valence-corrected chi connectivity index (χ3v) is 3.48. The Hall–Kier alpha value is -0.960. The van der Waals surface area contributed by atoms with Crippen LogP contribution in [0.25, 0.3) is 11.1 Å². The first kappa shape index (κ1) is 12.1. The van der Waals surface area contributed by atoms with E-state index < -0.39 is 0 Å². The molecule has 1 aromatic carbocycles. The number of nitrogens with one attached hydrogen (secondary N) is 1. The molecule has 94 valence electrons. The van der Waals surface area contributed by atoms with Gasteiger partial charge in [0.05, 0.1) is 12.8 Å². The van der Waals surface area contributed by atoms with Gasteiger partial charge in [0, 0.05) is 21.7 Å². The normalized spacial score (nSPS) is 15.0. The largest absolute Gasteiger partial charge is 0.467 e. The second-order valence-electron chi connectivity index (χ2n) is 4.57. The summed E-state index contributed by atoms with van der Waals surface area (Å²) in [6.07, 6.45) is 4.23. The molecule has 4 heteroatoms. The summed E-state index contributed by atoms with van der Waals surface area (Å²) in [4.78, 5) is 0. The third-order valence-electron chi connectivity index (χ3n) is 3.05. The highest BCUT2D eigenvalue weighted by atomic mass is 35.5. The topological polar surface area (TPSA) is 25.2 Å². The van der Waals surface area contributed by atoms with Crippen molar-refractivity contribution >= 4 is 23.2 Å². The van der Waals surface area contributed by atoms with Crippen molar-refractivity contribution in [3.63, 3.8) is 0 Å². The first-order chi connectivity index (χ1) is 8.72. The van der Waals surface area contributed by atoms with Gasteiger partial charge in [0.15, 0.2) is 0 Å². The van der Waals surface area contributed by atoms with Crippen molar-refractivity contribution in [3.05, 3.63) is 46.3 Å². The van der Waals surface area contributed by atoms with Crippen molar-refractivity contribution in [2.45, 2.75) is 25.4 Å². The van der Waals surface area contributed by atoms with E-state index in [2.05, 4.69) is 5.32 Å². The predicted octanol–water partition coefficient (Wildman–Crippen LogP) is 4.51. The van der Waals surface area contributed by atoms with Crippen LogP contribution in [0.5, 0.6) is 0 Å². The van der Waals surface area contributed by atoms with Crippen LogP contribution in [0, 0.1) is 0 Å². The fourth-order valence-corrected chi connectivity index (χ4v) is 2.49. The van der Waals surface area contributed by atoms with Crippen molar-refractivity contribution in [2.75, 3.05) is 0 Å². The summed E-state index contributed by atoms with van der Waals surface area (Å²) in [6.45, 7) is 0.747. The molecule has 0 amide bonds. The lowest BCUT2D eigenvalue weighted by atomic mass is 10.1. The van der Waals surface area contributed by atoms with Crippen LogP contribution in [-0.2, 0) is 6.54 Å². The molecule has 0 aliphatic heterocycles. The van der Waals surface area contributed by atoms with E-state index >= 15 is 0 Å². The molecule has 1 heterocycles. The number of hydrogen-bond acceptors (Lipinski definition) is 2. The molecule has 1 aliphatic carbocycles. The van der Waals surface area contributed by atoms with Gasteiger partial charge in [0.25, 0.3) is 0 Å². The van der Waals surface area contributed by atoms with Crippen LogP contribution in [0.1, 0.15) is 18.6 Å². The van der Waals surface area contributed by atoms with E-state index in [-0.39, 0.29) is 0 Å². The summed E-state index contributed by atoms with van der Waals surface area (Å²) in [5.41, 5.74) is 2.04. The molecule has 3 rings (SSSR count). The quantitative estimate of drug-likeness (QED) is 0.892. The van der Waals surface area contributed by atoms with E-state index in [1.807, 2.05) is 18.2 Å². The minimum Gasteiger partial charge on any atom is -0.467 e. The Bertz CT molecular complexity index is 540. The molecular formula is C14H13Cl2NO. The molecule has 1 fully saturated rings. The number of benzene rings is 1. The van der Waals surface area contributed by atoms with Gasteiger partial charge in [-0.1, -0.05) is 23.2 Å². The van der Waals surface area contributed by atoms with E-state index in [0.717, 1.165) is 23.4 Å². The summed E-state index contributed by atoms with van der Waals surface area (Å²) in [6, 6.07) is 8.14. The number of halogens is 2. The van der Waals surface area contributed by atoms with Crippen molar-refractivity contribution in [1.82, 2.24) is 5.32 Å². The van der Waals surface area contributed by atoms with Gasteiger partial charge in [-0.3, -0.25) is 0 Å². The Morgan fingerprint density at radius 2 is 1.89 bits per heavy atom. The molecule has 1 saturated carbocycles. The maximum Gasteiger partial charge on any atom is 0.125 e. The smallest absolute Gasteiger partial charge is 0.125 e. The zero-order chi connectivity index (χ0) is 12.5. The first-order valence-electron chi connectivity index (χ1n) is 5.98. The maximum atomic E-state index is 6.03. The number of rotatable bonds is 4. The van der Waals surface area contributed by atoms with Gasteiger partial charge in [-0.25, -0.2) is 0 Å². The van der Waals surface area contributed by atoms with E-state index in [4.69, 9.17) is 27.6 Å². The number of hydrogen-bond donors (Lipinski definition) is 1. The molecule has 1 aromatic heterocycles. The van der Waals surface area contributed by atoms with Gasteiger partial charge >= 0.3 is 0 Å². The SMILES string of the molecule is Clc1cc(Cl)cc(-c2ccoc2CNC2CC2)c1. The Morgan fingerprint density at radius 3 is 2.56 bits per heavy atom. The lowest BCUT2D eigenvalue weighted by Gasteiger charge is -2.05. The predicted molar refractivity (Wildman–Crippen MR) is 74.0 cm³/mol. The Balaban J connectivity index is 1.87. The van der Waals surface area contributed by atoms with Crippen LogP contribution in [0.4, 0.5) is 0 Å². The fourth-order valence-electron chi connectivity index (χ4n) is 1.97. The Labute approximate surface area is 116 Å². The van der Waals surface area contributed by atoms with Crippen LogP contribution < -0.4 is 5.32 Å². The second-order valence-corrected chi connectivity index (χ2v) is 5.44. The van der Waals surface area contributed by atoms with E-state index in [1.165, 1.54) is 12.8 Å². The van der Waals surface area contributed by atoms with Crippen molar-refractivity contribution < 1.29 is 4.42 Å². The van der Waals surface area contributed by atoms with E-state index in [1.54, 1.807) is 12.3 Å². The molecule has 0 saturated heterocycles. The van der Waals surface area contributed by atoms with Crippen molar-refractivity contribution in [3.8, 4) is 11.1 Å². The average molecular weight is 282 g/mol. The minimum atomic E-state index is 0.639. The molecule has 0 bridgehead atoms. The second kappa shape index (κ2) is 4.96. The first-order valence-corrected chi connectivity index (χ1v) is 6.74. The Morgan fingerprint density at radius 1 is 1.17 bits per heavy atom. The van der Waals surface area contributed by atoms with Gasteiger partial charge in [-0.15, -0.1) is 0 Å².